The molecule has 0 saturated carbocycles. The number of nitro groups is 1. The van der Waals surface area contributed by atoms with E-state index in [9.17, 15) is 14.9 Å². The highest BCUT2D eigenvalue weighted by Crippen LogP contribution is 2.21. The first kappa shape index (κ1) is 9.90. The molecule has 0 bridgehead atoms. The lowest BCUT2D eigenvalue weighted by molar-refractivity contribution is -0.386. The first-order valence-electron chi connectivity index (χ1n) is 3.55. The van der Waals surface area contributed by atoms with Gasteiger partial charge in [-0.15, -0.1) is 0 Å². The zero-order valence-corrected chi connectivity index (χ0v) is 6.88. The molecule has 0 aliphatic heterocycles. The summed E-state index contributed by atoms with van der Waals surface area (Å²) in [7, 11) is 0. The molecule has 0 aliphatic rings. The lowest BCUT2D eigenvalue weighted by atomic mass is 10.2. The molecular weight excluding hydrogens is 192 g/mol. The van der Waals surface area contributed by atoms with Crippen molar-refractivity contribution in [2.24, 2.45) is 0 Å². The summed E-state index contributed by atoms with van der Waals surface area (Å²) >= 11 is 0. The number of carbonyl (C=O) groups is 1. The molecule has 0 saturated heterocycles. The van der Waals surface area contributed by atoms with E-state index in [4.69, 9.17) is 10.2 Å². The summed E-state index contributed by atoms with van der Waals surface area (Å²) in [5, 5.41) is 27.7. The molecule has 74 valence electrons. The minimum Gasteiger partial charge on any atom is -0.506 e. The van der Waals surface area contributed by atoms with E-state index in [1.165, 1.54) is 0 Å². The van der Waals surface area contributed by atoms with E-state index in [1.807, 2.05) is 0 Å². The van der Waals surface area contributed by atoms with Gasteiger partial charge in [-0.25, -0.2) is 4.98 Å². The Hall–Kier alpha value is -2.18. The first-order valence-corrected chi connectivity index (χ1v) is 3.55. The van der Waals surface area contributed by atoms with Crippen LogP contribution in [0, 0.1) is 10.1 Å². The van der Waals surface area contributed by atoms with Crippen LogP contribution in [0.2, 0.25) is 0 Å². The number of hydrogen-bond acceptors (Lipinski definition) is 5. The van der Waals surface area contributed by atoms with E-state index >= 15 is 0 Å². The highest BCUT2D eigenvalue weighted by Gasteiger charge is 2.18. The quantitative estimate of drug-likeness (QED) is 0.534. The molecule has 0 aliphatic carbocycles. The molecule has 0 radical (unpaired) electrons. The van der Waals surface area contributed by atoms with Gasteiger partial charge in [0.2, 0.25) is 0 Å². The molecule has 0 aromatic carbocycles. The number of carboxylic acids is 1. The number of hydrogen-bond donors (Lipinski definition) is 2. The summed E-state index contributed by atoms with van der Waals surface area (Å²) in [6.45, 7) is 0. The summed E-state index contributed by atoms with van der Waals surface area (Å²) in [5.74, 6) is -1.59. The van der Waals surface area contributed by atoms with E-state index in [0.717, 1.165) is 12.3 Å². The Bertz CT molecular complexity index is 390. The topological polar surface area (TPSA) is 114 Å². The second-order valence-corrected chi connectivity index (χ2v) is 2.49. The lowest BCUT2D eigenvalue weighted by Crippen LogP contribution is -2.05. The van der Waals surface area contributed by atoms with Gasteiger partial charge in [0.05, 0.1) is 23.6 Å². The summed E-state index contributed by atoms with van der Waals surface area (Å²) in [6, 6.07) is 0.866. The number of pyridine rings is 1. The van der Waals surface area contributed by atoms with Crippen molar-refractivity contribution in [3.8, 4) is 5.75 Å². The third-order valence-corrected chi connectivity index (χ3v) is 1.45. The Kier molecular flexibility index (Phi) is 2.61. The monoisotopic (exact) mass is 198 g/mol. The predicted octanol–water partition coefficient (Wildman–Crippen LogP) is 0.322. The molecule has 0 atom stereocenters. The van der Waals surface area contributed by atoms with Crippen LogP contribution in [0.15, 0.2) is 12.3 Å². The number of carboxylic acid groups (broad SMARTS) is 1. The maximum atomic E-state index is 10.4. The maximum Gasteiger partial charge on any atom is 0.309 e. The van der Waals surface area contributed by atoms with Crippen molar-refractivity contribution in [2.45, 2.75) is 6.42 Å². The van der Waals surface area contributed by atoms with Crippen LogP contribution in [0.25, 0.3) is 0 Å². The SMILES string of the molecule is O=C(O)Cc1ncc(O)cc1[N+](=O)[O-]. The van der Waals surface area contributed by atoms with Gasteiger partial charge >= 0.3 is 5.97 Å². The van der Waals surface area contributed by atoms with Crippen LogP contribution in [-0.2, 0) is 11.2 Å². The van der Waals surface area contributed by atoms with Crippen LogP contribution in [0.1, 0.15) is 5.69 Å². The molecule has 0 spiro atoms. The molecule has 0 amide bonds. The number of aromatic hydroxyl groups is 1. The van der Waals surface area contributed by atoms with Gasteiger partial charge in [-0.2, -0.15) is 0 Å². The van der Waals surface area contributed by atoms with E-state index in [1.54, 1.807) is 0 Å². The highest BCUT2D eigenvalue weighted by molar-refractivity contribution is 5.71. The number of rotatable bonds is 3. The normalized spacial score (nSPS) is 9.71. The minimum absolute atomic E-state index is 0.180. The molecule has 7 heteroatoms. The first-order chi connectivity index (χ1) is 6.50. The van der Waals surface area contributed by atoms with E-state index < -0.39 is 23.0 Å². The molecule has 0 unspecified atom stereocenters. The summed E-state index contributed by atoms with van der Waals surface area (Å²) in [4.78, 5) is 23.4. The van der Waals surface area contributed by atoms with Crippen molar-refractivity contribution in [2.75, 3.05) is 0 Å². The zero-order valence-electron chi connectivity index (χ0n) is 6.88. The largest absolute Gasteiger partial charge is 0.506 e. The van der Waals surface area contributed by atoms with Gasteiger partial charge in [0.25, 0.3) is 5.69 Å². The predicted molar refractivity (Wildman–Crippen MR) is 43.9 cm³/mol. The minimum atomic E-state index is -1.22. The zero-order chi connectivity index (χ0) is 10.7. The number of aliphatic carboxylic acids is 1. The Morgan fingerprint density at radius 1 is 1.64 bits per heavy atom. The average molecular weight is 198 g/mol. The Morgan fingerprint density at radius 2 is 2.29 bits per heavy atom. The van der Waals surface area contributed by atoms with Crippen LogP contribution in [0.3, 0.4) is 0 Å². The summed E-state index contributed by atoms with van der Waals surface area (Å²) < 4.78 is 0. The van der Waals surface area contributed by atoms with Gasteiger partial charge in [-0.05, 0) is 0 Å². The third-order valence-electron chi connectivity index (χ3n) is 1.45. The van der Waals surface area contributed by atoms with Gasteiger partial charge in [-0.1, -0.05) is 0 Å². The van der Waals surface area contributed by atoms with Crippen LogP contribution >= 0.6 is 0 Å². The van der Waals surface area contributed by atoms with Crippen LogP contribution in [-0.4, -0.2) is 26.1 Å². The Balaban J connectivity index is 3.14. The Morgan fingerprint density at radius 3 is 2.79 bits per heavy atom. The second kappa shape index (κ2) is 3.69. The van der Waals surface area contributed by atoms with Crippen molar-refractivity contribution in [3.05, 3.63) is 28.1 Å². The number of aromatic nitrogens is 1. The fourth-order valence-corrected chi connectivity index (χ4v) is 0.908. The standard InChI is InChI=1S/C7H6N2O5/c10-4-1-6(9(13)14)5(8-3-4)2-7(11)12/h1,3,10H,2H2,(H,11,12). The second-order valence-electron chi connectivity index (χ2n) is 2.49. The average Bonchev–Trinajstić information content (AvgIpc) is 2.07. The van der Waals surface area contributed by atoms with E-state index in [0.29, 0.717) is 0 Å². The smallest absolute Gasteiger partial charge is 0.309 e. The van der Waals surface area contributed by atoms with Crippen molar-refractivity contribution in [3.63, 3.8) is 0 Å². The van der Waals surface area contributed by atoms with Gasteiger partial charge in [0.15, 0.2) is 0 Å². The van der Waals surface area contributed by atoms with Crippen LogP contribution in [0.4, 0.5) is 5.69 Å². The molecule has 2 N–H and O–H groups in total. The summed E-state index contributed by atoms with van der Waals surface area (Å²) in [5.41, 5.74) is -0.673. The molecule has 1 aromatic heterocycles. The molecule has 7 nitrogen and oxygen atoms in total. The van der Waals surface area contributed by atoms with Gasteiger partial charge < -0.3 is 10.2 Å². The molecular formula is C7H6N2O5. The molecule has 1 rings (SSSR count). The molecule has 1 aromatic rings. The molecule has 1 heterocycles. The Labute approximate surface area is 77.8 Å². The van der Waals surface area contributed by atoms with Gasteiger partial charge in [-0.3, -0.25) is 14.9 Å². The van der Waals surface area contributed by atoms with Crippen molar-refractivity contribution in [1.82, 2.24) is 4.98 Å². The van der Waals surface area contributed by atoms with Crippen LogP contribution in [0.5, 0.6) is 5.75 Å². The molecule has 0 fully saturated rings. The van der Waals surface area contributed by atoms with Gasteiger partial charge in [0.1, 0.15) is 11.4 Å². The summed E-state index contributed by atoms with van der Waals surface area (Å²) in [6.07, 6.45) is 0.419. The maximum absolute atomic E-state index is 10.4. The van der Waals surface area contributed by atoms with Gasteiger partial charge in [0, 0.05) is 0 Å². The van der Waals surface area contributed by atoms with E-state index in [-0.39, 0.29) is 11.4 Å². The molecule has 14 heavy (non-hydrogen) atoms. The highest BCUT2D eigenvalue weighted by atomic mass is 16.6. The van der Waals surface area contributed by atoms with E-state index in [2.05, 4.69) is 4.98 Å². The van der Waals surface area contributed by atoms with Crippen molar-refractivity contribution < 1.29 is 19.9 Å². The van der Waals surface area contributed by atoms with Crippen molar-refractivity contribution in [1.29, 1.82) is 0 Å². The third kappa shape index (κ3) is 2.16. The fraction of sp³-hybridized carbons (Fsp3) is 0.143. The van der Waals surface area contributed by atoms with Crippen molar-refractivity contribution >= 4 is 11.7 Å². The fourth-order valence-electron chi connectivity index (χ4n) is 0.908. The lowest BCUT2D eigenvalue weighted by Gasteiger charge is -1.98. The van der Waals surface area contributed by atoms with Crippen LogP contribution < -0.4 is 0 Å². The number of nitrogens with zero attached hydrogens (tertiary/aromatic N) is 2.